The second-order valence-electron chi connectivity index (χ2n) is 7.31. The van der Waals surface area contributed by atoms with Crippen molar-refractivity contribution in [1.29, 1.82) is 0 Å². The summed E-state index contributed by atoms with van der Waals surface area (Å²) in [5, 5.41) is 3.55. The van der Waals surface area contributed by atoms with Gasteiger partial charge in [-0.05, 0) is 38.3 Å². The van der Waals surface area contributed by atoms with Crippen LogP contribution < -0.4 is 5.32 Å². The van der Waals surface area contributed by atoms with Crippen LogP contribution in [0, 0.1) is 11.3 Å². The highest BCUT2D eigenvalue weighted by Gasteiger charge is 2.34. The summed E-state index contributed by atoms with van der Waals surface area (Å²) >= 11 is 0. The molecule has 3 aliphatic rings. The number of hydrogen-bond acceptors (Lipinski definition) is 3. The number of nitrogens with zero attached hydrogens (tertiary/aromatic N) is 3. The standard InChI is InChI=1S/C16H30N4O/c1-16(12-21-13-16)11-18-15(17-2)20-8-5-14(10-20)9-19-6-3-4-7-19/h14H,3-13H2,1-2H3,(H,17,18). The third kappa shape index (κ3) is 3.69. The molecule has 5 nitrogen and oxygen atoms in total. The zero-order chi connectivity index (χ0) is 14.7. The van der Waals surface area contributed by atoms with Gasteiger partial charge < -0.3 is 19.9 Å². The van der Waals surface area contributed by atoms with Gasteiger partial charge in [-0.25, -0.2) is 0 Å². The maximum absolute atomic E-state index is 5.32. The first-order valence-corrected chi connectivity index (χ1v) is 8.44. The minimum Gasteiger partial charge on any atom is -0.380 e. The number of ether oxygens (including phenoxy) is 1. The van der Waals surface area contributed by atoms with E-state index >= 15 is 0 Å². The van der Waals surface area contributed by atoms with E-state index in [-0.39, 0.29) is 0 Å². The Labute approximate surface area is 128 Å². The summed E-state index contributed by atoms with van der Waals surface area (Å²) in [5.74, 6) is 1.89. The smallest absolute Gasteiger partial charge is 0.193 e. The van der Waals surface area contributed by atoms with Gasteiger partial charge in [0.2, 0.25) is 0 Å². The maximum Gasteiger partial charge on any atom is 0.193 e. The summed E-state index contributed by atoms with van der Waals surface area (Å²) in [6, 6.07) is 0. The van der Waals surface area contributed by atoms with E-state index < -0.39 is 0 Å². The average Bonchev–Trinajstić information content (AvgIpc) is 3.10. The fraction of sp³-hybridized carbons (Fsp3) is 0.938. The van der Waals surface area contributed by atoms with Crippen LogP contribution in [0.15, 0.2) is 4.99 Å². The second kappa shape index (κ2) is 6.53. The maximum atomic E-state index is 5.32. The van der Waals surface area contributed by atoms with E-state index in [2.05, 4.69) is 27.0 Å². The highest BCUT2D eigenvalue weighted by Crippen LogP contribution is 2.25. The van der Waals surface area contributed by atoms with Crippen LogP contribution >= 0.6 is 0 Å². The predicted octanol–water partition coefficient (Wildman–Crippen LogP) is 1.02. The topological polar surface area (TPSA) is 40.1 Å². The Kier molecular flexibility index (Phi) is 4.69. The van der Waals surface area contributed by atoms with Gasteiger partial charge in [0.1, 0.15) is 0 Å². The zero-order valence-corrected chi connectivity index (χ0v) is 13.6. The van der Waals surface area contributed by atoms with Crippen LogP contribution in [0.3, 0.4) is 0 Å². The lowest BCUT2D eigenvalue weighted by molar-refractivity contribution is -0.0972. The van der Waals surface area contributed by atoms with Gasteiger partial charge in [0.15, 0.2) is 5.96 Å². The lowest BCUT2D eigenvalue weighted by Gasteiger charge is -2.39. The largest absolute Gasteiger partial charge is 0.380 e. The Morgan fingerprint density at radius 2 is 2.05 bits per heavy atom. The molecule has 0 aromatic rings. The van der Waals surface area contributed by atoms with Gasteiger partial charge in [-0.2, -0.15) is 0 Å². The summed E-state index contributed by atoms with van der Waals surface area (Å²) in [4.78, 5) is 9.54. The molecule has 3 rings (SSSR count). The summed E-state index contributed by atoms with van der Waals surface area (Å²) in [5.41, 5.74) is 0.296. The van der Waals surface area contributed by atoms with E-state index in [1.807, 2.05) is 7.05 Å². The van der Waals surface area contributed by atoms with Crippen LogP contribution in [0.4, 0.5) is 0 Å². The van der Waals surface area contributed by atoms with Crippen LogP contribution in [0.5, 0.6) is 0 Å². The quantitative estimate of drug-likeness (QED) is 0.621. The molecule has 1 unspecified atom stereocenters. The van der Waals surface area contributed by atoms with Crippen LogP contribution in [0.2, 0.25) is 0 Å². The summed E-state index contributed by atoms with van der Waals surface area (Å²) in [6.45, 7) is 11.2. The second-order valence-corrected chi connectivity index (χ2v) is 7.31. The first-order chi connectivity index (χ1) is 10.2. The Hall–Kier alpha value is -0.810. The first-order valence-electron chi connectivity index (χ1n) is 8.44. The van der Waals surface area contributed by atoms with E-state index in [1.165, 1.54) is 38.9 Å². The van der Waals surface area contributed by atoms with Crippen molar-refractivity contribution in [3.8, 4) is 0 Å². The van der Waals surface area contributed by atoms with E-state index in [1.54, 1.807) is 0 Å². The Bertz CT molecular complexity index is 374. The molecule has 0 amide bonds. The van der Waals surface area contributed by atoms with Crippen LogP contribution in [-0.4, -0.2) is 75.3 Å². The fourth-order valence-electron chi connectivity index (χ4n) is 3.68. The van der Waals surface area contributed by atoms with Gasteiger partial charge in [0, 0.05) is 38.6 Å². The van der Waals surface area contributed by atoms with Gasteiger partial charge in [0.25, 0.3) is 0 Å². The number of hydrogen-bond donors (Lipinski definition) is 1. The van der Waals surface area contributed by atoms with E-state index in [4.69, 9.17) is 4.74 Å². The zero-order valence-electron chi connectivity index (χ0n) is 13.6. The molecule has 21 heavy (non-hydrogen) atoms. The van der Waals surface area contributed by atoms with Crippen molar-refractivity contribution in [3.05, 3.63) is 0 Å². The molecule has 0 aliphatic carbocycles. The molecule has 1 atom stereocenters. The third-order valence-electron chi connectivity index (χ3n) is 5.09. The molecule has 3 fully saturated rings. The van der Waals surface area contributed by atoms with Crippen molar-refractivity contribution in [2.75, 3.05) is 59.5 Å². The monoisotopic (exact) mass is 294 g/mol. The molecule has 3 heterocycles. The summed E-state index contributed by atoms with van der Waals surface area (Å²) < 4.78 is 5.32. The van der Waals surface area contributed by atoms with E-state index in [0.717, 1.165) is 44.7 Å². The molecule has 3 saturated heterocycles. The molecule has 0 bridgehead atoms. The first kappa shape index (κ1) is 15.1. The molecular formula is C16H30N4O. The lowest BCUT2D eigenvalue weighted by Crippen LogP contribution is -2.51. The SMILES string of the molecule is CN=C(NCC1(C)COC1)N1CCC(CN2CCCC2)C1. The molecular weight excluding hydrogens is 264 g/mol. The highest BCUT2D eigenvalue weighted by molar-refractivity contribution is 5.80. The minimum absolute atomic E-state index is 0.296. The van der Waals surface area contributed by atoms with Crippen molar-refractivity contribution in [3.63, 3.8) is 0 Å². The normalized spacial score (nSPS) is 29.7. The minimum atomic E-state index is 0.296. The van der Waals surface area contributed by atoms with Gasteiger partial charge in [0.05, 0.1) is 13.2 Å². The van der Waals surface area contributed by atoms with Crippen LogP contribution in [-0.2, 0) is 4.74 Å². The third-order valence-corrected chi connectivity index (χ3v) is 5.09. The highest BCUT2D eigenvalue weighted by atomic mass is 16.5. The predicted molar refractivity (Wildman–Crippen MR) is 85.6 cm³/mol. The Morgan fingerprint density at radius 3 is 2.67 bits per heavy atom. The van der Waals surface area contributed by atoms with Crippen molar-refractivity contribution in [2.45, 2.75) is 26.2 Å². The number of rotatable bonds is 4. The van der Waals surface area contributed by atoms with E-state index in [0.29, 0.717) is 5.41 Å². The van der Waals surface area contributed by atoms with Crippen molar-refractivity contribution < 1.29 is 4.74 Å². The van der Waals surface area contributed by atoms with Crippen LogP contribution in [0.25, 0.3) is 0 Å². The molecule has 3 aliphatic heterocycles. The number of likely N-dealkylation sites (tertiary alicyclic amines) is 2. The number of guanidine groups is 1. The van der Waals surface area contributed by atoms with Crippen molar-refractivity contribution in [2.24, 2.45) is 16.3 Å². The lowest BCUT2D eigenvalue weighted by atomic mass is 9.89. The summed E-state index contributed by atoms with van der Waals surface area (Å²) in [6.07, 6.45) is 4.08. The van der Waals surface area contributed by atoms with Gasteiger partial charge >= 0.3 is 0 Å². The summed E-state index contributed by atoms with van der Waals surface area (Å²) in [7, 11) is 1.90. The molecule has 0 radical (unpaired) electrons. The number of aliphatic imine (C=N–C) groups is 1. The Balaban J connectivity index is 1.44. The molecule has 5 heteroatoms. The molecule has 0 saturated carbocycles. The molecule has 120 valence electrons. The van der Waals surface area contributed by atoms with Crippen molar-refractivity contribution in [1.82, 2.24) is 15.1 Å². The van der Waals surface area contributed by atoms with Gasteiger partial charge in [-0.1, -0.05) is 6.92 Å². The molecule has 0 spiro atoms. The van der Waals surface area contributed by atoms with E-state index in [9.17, 15) is 0 Å². The van der Waals surface area contributed by atoms with Gasteiger partial charge in [-0.3, -0.25) is 4.99 Å². The van der Waals surface area contributed by atoms with Crippen molar-refractivity contribution >= 4 is 5.96 Å². The van der Waals surface area contributed by atoms with Gasteiger partial charge in [-0.15, -0.1) is 0 Å². The number of nitrogens with one attached hydrogen (secondary N) is 1. The average molecular weight is 294 g/mol. The molecule has 1 N–H and O–H groups in total. The Morgan fingerprint density at radius 1 is 1.29 bits per heavy atom. The molecule has 0 aromatic carbocycles. The molecule has 0 aromatic heterocycles. The van der Waals surface area contributed by atoms with Crippen LogP contribution in [0.1, 0.15) is 26.2 Å². The fourth-order valence-corrected chi connectivity index (χ4v) is 3.68.